The lowest BCUT2D eigenvalue weighted by atomic mass is 10.2. The van der Waals surface area contributed by atoms with E-state index in [4.69, 9.17) is 9.15 Å². The molecule has 6 nitrogen and oxygen atoms in total. The largest absolute Gasteiger partial charge is 0.497 e. The summed E-state index contributed by atoms with van der Waals surface area (Å²) in [5.41, 5.74) is 1.85. The molecule has 1 heterocycles. The first-order valence-electron chi connectivity index (χ1n) is 8.12. The molecular weight excluding hydrogens is 350 g/mol. The van der Waals surface area contributed by atoms with Gasteiger partial charge < -0.3 is 14.5 Å². The Bertz CT molecular complexity index is 850. The molecule has 0 spiro atoms. The van der Waals surface area contributed by atoms with E-state index in [1.807, 2.05) is 61.5 Å². The first-order chi connectivity index (χ1) is 12.7. The lowest BCUT2D eigenvalue weighted by molar-refractivity contribution is -0.120. The smallest absolute Gasteiger partial charge is 0.277 e. The molecule has 3 rings (SSSR count). The Morgan fingerprint density at radius 1 is 1.15 bits per heavy atom. The number of nitrogens with one attached hydrogen (secondary N) is 1. The summed E-state index contributed by atoms with van der Waals surface area (Å²) in [6, 6.07) is 17.1. The van der Waals surface area contributed by atoms with E-state index in [1.54, 1.807) is 7.11 Å². The van der Waals surface area contributed by atoms with Gasteiger partial charge in [-0.05, 0) is 36.8 Å². The van der Waals surface area contributed by atoms with Crippen LogP contribution < -0.4 is 10.1 Å². The summed E-state index contributed by atoms with van der Waals surface area (Å²) in [4.78, 5) is 12.2. The summed E-state index contributed by atoms with van der Waals surface area (Å²) in [6.45, 7) is 2.30. The van der Waals surface area contributed by atoms with Gasteiger partial charge in [0.05, 0.1) is 12.4 Å². The van der Waals surface area contributed by atoms with Gasteiger partial charge in [0.2, 0.25) is 11.8 Å². The molecule has 1 aromatic heterocycles. The Kier molecular flexibility index (Phi) is 5.91. The summed E-state index contributed by atoms with van der Waals surface area (Å²) < 4.78 is 10.8. The summed E-state index contributed by atoms with van der Waals surface area (Å²) in [6.07, 6.45) is 0. The number of thioether (sulfide) groups is 1. The second-order valence-corrected chi connectivity index (χ2v) is 6.86. The third kappa shape index (κ3) is 4.64. The van der Waals surface area contributed by atoms with Crippen LogP contribution in [0.5, 0.6) is 5.75 Å². The molecular formula is C19H19N3O3S. The maximum Gasteiger partial charge on any atom is 0.277 e. The number of amides is 1. The number of aromatic nitrogens is 2. The third-order valence-electron chi connectivity index (χ3n) is 3.70. The van der Waals surface area contributed by atoms with Gasteiger partial charge in [0.15, 0.2) is 0 Å². The predicted octanol–water partition coefficient (Wildman–Crippen LogP) is 3.54. The molecule has 0 fully saturated rings. The van der Waals surface area contributed by atoms with Crippen LogP contribution in [0.3, 0.4) is 0 Å². The fraction of sp³-hybridized carbons (Fsp3) is 0.211. The monoisotopic (exact) mass is 369 g/mol. The molecule has 26 heavy (non-hydrogen) atoms. The number of hydrogen-bond acceptors (Lipinski definition) is 6. The Morgan fingerprint density at radius 3 is 2.58 bits per heavy atom. The van der Waals surface area contributed by atoms with Gasteiger partial charge in [0.1, 0.15) is 5.75 Å². The summed E-state index contributed by atoms with van der Waals surface area (Å²) in [7, 11) is 1.61. The number of rotatable bonds is 7. The minimum atomic E-state index is -0.345. The minimum absolute atomic E-state index is 0.0805. The SMILES string of the molecule is COc1ccc(-c2nnc(SC(C)C(=O)NCc3ccccc3)o2)cc1. The van der Waals surface area contributed by atoms with E-state index < -0.39 is 0 Å². The molecule has 1 N–H and O–H groups in total. The standard InChI is InChI=1S/C19H19N3O3S/c1-13(17(23)20-12-14-6-4-3-5-7-14)26-19-22-21-18(25-19)15-8-10-16(24-2)11-9-15/h3-11,13H,12H2,1-2H3,(H,20,23). The Morgan fingerprint density at radius 2 is 1.88 bits per heavy atom. The van der Waals surface area contributed by atoms with E-state index in [1.165, 1.54) is 11.8 Å². The van der Waals surface area contributed by atoms with Crippen molar-refractivity contribution in [1.82, 2.24) is 15.5 Å². The van der Waals surface area contributed by atoms with E-state index in [9.17, 15) is 4.79 Å². The average molecular weight is 369 g/mol. The van der Waals surface area contributed by atoms with Gasteiger partial charge in [-0.2, -0.15) is 0 Å². The van der Waals surface area contributed by atoms with Crippen molar-refractivity contribution in [2.75, 3.05) is 7.11 Å². The predicted molar refractivity (Wildman–Crippen MR) is 99.9 cm³/mol. The van der Waals surface area contributed by atoms with Crippen LogP contribution in [0.15, 0.2) is 64.2 Å². The second-order valence-electron chi connectivity index (χ2n) is 5.57. The molecule has 1 unspecified atom stereocenters. The van der Waals surface area contributed by atoms with Gasteiger partial charge in [0.25, 0.3) is 5.22 Å². The molecule has 7 heteroatoms. The van der Waals surface area contributed by atoms with Gasteiger partial charge in [-0.15, -0.1) is 10.2 Å². The minimum Gasteiger partial charge on any atom is -0.497 e. The Balaban J connectivity index is 1.56. The quantitative estimate of drug-likeness (QED) is 0.642. The first-order valence-corrected chi connectivity index (χ1v) is 9.00. The highest BCUT2D eigenvalue weighted by Gasteiger charge is 2.18. The maximum atomic E-state index is 12.2. The molecule has 3 aromatic rings. The maximum absolute atomic E-state index is 12.2. The van der Waals surface area contributed by atoms with Crippen LogP contribution in [0.25, 0.3) is 11.5 Å². The van der Waals surface area contributed by atoms with Crippen molar-refractivity contribution in [3.05, 3.63) is 60.2 Å². The Labute approximate surface area is 156 Å². The molecule has 0 saturated carbocycles. The fourth-order valence-corrected chi connectivity index (χ4v) is 2.95. The van der Waals surface area contributed by atoms with Crippen LogP contribution in [0.1, 0.15) is 12.5 Å². The molecule has 0 bridgehead atoms. The normalized spacial score (nSPS) is 11.8. The fourth-order valence-electron chi connectivity index (χ4n) is 2.24. The first kappa shape index (κ1) is 18.0. The van der Waals surface area contributed by atoms with Crippen molar-refractivity contribution in [3.63, 3.8) is 0 Å². The van der Waals surface area contributed by atoms with Crippen LogP contribution in [0, 0.1) is 0 Å². The highest BCUT2D eigenvalue weighted by atomic mass is 32.2. The third-order valence-corrected chi connectivity index (χ3v) is 4.63. The molecule has 0 aliphatic heterocycles. The lowest BCUT2D eigenvalue weighted by Crippen LogP contribution is -2.30. The Hall–Kier alpha value is -2.80. The van der Waals surface area contributed by atoms with Crippen molar-refractivity contribution in [2.24, 2.45) is 0 Å². The number of ether oxygens (including phenoxy) is 1. The topological polar surface area (TPSA) is 77.2 Å². The number of carbonyl (C=O) groups is 1. The average Bonchev–Trinajstić information content (AvgIpc) is 3.15. The van der Waals surface area contributed by atoms with Crippen LogP contribution in [0.4, 0.5) is 0 Å². The van der Waals surface area contributed by atoms with E-state index in [0.717, 1.165) is 16.9 Å². The van der Waals surface area contributed by atoms with Gasteiger partial charge in [-0.3, -0.25) is 4.79 Å². The second kappa shape index (κ2) is 8.53. The lowest BCUT2D eigenvalue weighted by Gasteiger charge is -2.09. The van der Waals surface area contributed by atoms with Crippen LogP contribution in [0.2, 0.25) is 0 Å². The number of benzene rings is 2. The highest BCUT2D eigenvalue weighted by molar-refractivity contribution is 8.00. The van der Waals surface area contributed by atoms with Gasteiger partial charge in [0, 0.05) is 12.1 Å². The van der Waals surface area contributed by atoms with Crippen molar-refractivity contribution < 1.29 is 13.9 Å². The van der Waals surface area contributed by atoms with Crippen LogP contribution in [-0.4, -0.2) is 28.5 Å². The summed E-state index contributed by atoms with van der Waals surface area (Å²) >= 11 is 1.23. The van der Waals surface area contributed by atoms with Crippen molar-refractivity contribution >= 4 is 17.7 Å². The molecule has 2 aromatic carbocycles. The summed E-state index contributed by atoms with van der Waals surface area (Å²) in [5, 5.41) is 11.0. The van der Waals surface area contributed by atoms with E-state index >= 15 is 0 Å². The van der Waals surface area contributed by atoms with E-state index in [0.29, 0.717) is 17.7 Å². The molecule has 134 valence electrons. The van der Waals surface area contributed by atoms with Crippen LogP contribution in [-0.2, 0) is 11.3 Å². The van der Waals surface area contributed by atoms with Crippen molar-refractivity contribution in [1.29, 1.82) is 0 Å². The zero-order chi connectivity index (χ0) is 18.4. The van der Waals surface area contributed by atoms with Crippen molar-refractivity contribution in [2.45, 2.75) is 23.9 Å². The molecule has 1 atom stereocenters. The van der Waals surface area contributed by atoms with Crippen molar-refractivity contribution in [3.8, 4) is 17.2 Å². The molecule has 0 radical (unpaired) electrons. The number of nitrogens with zero attached hydrogens (tertiary/aromatic N) is 2. The molecule has 0 aliphatic carbocycles. The zero-order valence-electron chi connectivity index (χ0n) is 14.5. The zero-order valence-corrected chi connectivity index (χ0v) is 15.3. The van der Waals surface area contributed by atoms with Crippen LogP contribution >= 0.6 is 11.8 Å². The number of methoxy groups -OCH3 is 1. The number of hydrogen-bond donors (Lipinski definition) is 1. The number of carbonyl (C=O) groups excluding carboxylic acids is 1. The van der Waals surface area contributed by atoms with E-state index in [2.05, 4.69) is 15.5 Å². The molecule has 0 saturated heterocycles. The van der Waals surface area contributed by atoms with E-state index in [-0.39, 0.29) is 11.2 Å². The van der Waals surface area contributed by atoms with Gasteiger partial charge >= 0.3 is 0 Å². The highest BCUT2D eigenvalue weighted by Crippen LogP contribution is 2.27. The molecule has 0 aliphatic rings. The molecule has 1 amide bonds. The summed E-state index contributed by atoms with van der Waals surface area (Å²) in [5.74, 6) is 1.08. The van der Waals surface area contributed by atoms with Gasteiger partial charge in [-0.25, -0.2) is 0 Å². The van der Waals surface area contributed by atoms with Gasteiger partial charge in [-0.1, -0.05) is 42.1 Å².